The lowest BCUT2D eigenvalue weighted by Gasteiger charge is -2.60. The van der Waals surface area contributed by atoms with Gasteiger partial charge in [-0.1, -0.05) is 6.92 Å². The number of nitrogens with one attached hydrogen (secondary N) is 1. The van der Waals surface area contributed by atoms with Gasteiger partial charge in [-0.05, 0) is 55.8 Å². The van der Waals surface area contributed by atoms with Crippen LogP contribution in [0.3, 0.4) is 0 Å². The van der Waals surface area contributed by atoms with Crippen molar-refractivity contribution in [1.82, 2.24) is 5.32 Å². The van der Waals surface area contributed by atoms with Gasteiger partial charge in [-0.2, -0.15) is 0 Å². The molecule has 0 heterocycles. The van der Waals surface area contributed by atoms with Crippen LogP contribution in [0.25, 0.3) is 0 Å². The van der Waals surface area contributed by atoms with Crippen LogP contribution < -0.4 is 5.32 Å². The molecule has 0 aliphatic heterocycles. The molecule has 0 aromatic carbocycles. The number of hydrogen-bond donors (Lipinski definition) is 2. The Hall–Kier alpha value is -1.10. The van der Waals surface area contributed by atoms with Crippen molar-refractivity contribution in [3.8, 4) is 0 Å². The molecule has 5 heteroatoms. The molecule has 4 bridgehead atoms. The fraction of sp³-hybridized carbons (Fsp3) is 0.875. The number of ether oxygens (including phenoxy) is 1. The van der Waals surface area contributed by atoms with Crippen molar-refractivity contribution < 1.29 is 19.4 Å². The standard InChI is InChI=1S/C16H25NO4/c1-15-5-11-4-12(6-15)8-16(7-11,10-15)14(20)17-2-3-21-9-13(18)19/h11-12H,2-10H2,1H3,(H,17,20)(H,18,19). The third-order valence-electron chi connectivity index (χ3n) is 5.59. The summed E-state index contributed by atoms with van der Waals surface area (Å²) < 4.78 is 4.97. The number of amides is 1. The van der Waals surface area contributed by atoms with Gasteiger partial charge in [-0.25, -0.2) is 4.79 Å². The van der Waals surface area contributed by atoms with Gasteiger partial charge in [0.05, 0.1) is 12.0 Å². The van der Waals surface area contributed by atoms with E-state index >= 15 is 0 Å². The molecule has 4 fully saturated rings. The SMILES string of the molecule is CC12CC3CC(C1)CC(C(=O)NCCOCC(=O)O)(C3)C2. The number of hydrogen-bond acceptors (Lipinski definition) is 3. The minimum atomic E-state index is -0.977. The minimum absolute atomic E-state index is 0.161. The highest BCUT2D eigenvalue weighted by Gasteiger charge is 2.58. The molecule has 4 aliphatic rings. The first-order valence-corrected chi connectivity index (χ1v) is 7.99. The predicted octanol–water partition coefficient (Wildman–Crippen LogP) is 1.81. The number of aliphatic carboxylic acids is 1. The van der Waals surface area contributed by atoms with Gasteiger partial charge in [-0.3, -0.25) is 4.79 Å². The molecule has 118 valence electrons. The molecule has 2 atom stereocenters. The number of carbonyl (C=O) groups excluding carboxylic acids is 1. The van der Waals surface area contributed by atoms with Gasteiger partial charge in [0, 0.05) is 6.54 Å². The Balaban J connectivity index is 1.54. The molecule has 0 aromatic rings. The predicted molar refractivity (Wildman–Crippen MR) is 76.7 cm³/mol. The summed E-state index contributed by atoms with van der Waals surface area (Å²) in [6, 6.07) is 0. The van der Waals surface area contributed by atoms with Crippen LogP contribution >= 0.6 is 0 Å². The van der Waals surface area contributed by atoms with Crippen LogP contribution in [0.4, 0.5) is 0 Å². The summed E-state index contributed by atoms with van der Waals surface area (Å²) in [7, 11) is 0. The minimum Gasteiger partial charge on any atom is -0.480 e. The Labute approximate surface area is 125 Å². The van der Waals surface area contributed by atoms with Gasteiger partial charge in [-0.15, -0.1) is 0 Å². The van der Waals surface area contributed by atoms with Crippen molar-refractivity contribution in [2.24, 2.45) is 22.7 Å². The average Bonchev–Trinajstić information content (AvgIpc) is 2.34. The van der Waals surface area contributed by atoms with E-state index in [0.717, 1.165) is 31.1 Å². The molecular weight excluding hydrogens is 270 g/mol. The van der Waals surface area contributed by atoms with Crippen LogP contribution in [0.5, 0.6) is 0 Å². The number of carboxylic acids is 1. The van der Waals surface area contributed by atoms with Gasteiger partial charge < -0.3 is 15.2 Å². The van der Waals surface area contributed by atoms with E-state index in [1.54, 1.807) is 0 Å². The lowest BCUT2D eigenvalue weighted by atomic mass is 9.44. The third kappa shape index (κ3) is 2.93. The van der Waals surface area contributed by atoms with Crippen LogP contribution in [0, 0.1) is 22.7 Å². The van der Waals surface area contributed by atoms with Crippen molar-refractivity contribution in [1.29, 1.82) is 0 Å². The Bertz CT molecular complexity index is 434. The first-order valence-electron chi connectivity index (χ1n) is 7.99. The highest BCUT2D eigenvalue weighted by atomic mass is 16.5. The summed E-state index contributed by atoms with van der Waals surface area (Å²) in [5, 5.41) is 11.5. The Kier molecular flexibility index (Phi) is 3.72. The van der Waals surface area contributed by atoms with Gasteiger partial charge in [0.15, 0.2) is 0 Å². The van der Waals surface area contributed by atoms with Gasteiger partial charge >= 0.3 is 5.97 Å². The second kappa shape index (κ2) is 5.27. The van der Waals surface area contributed by atoms with Crippen LogP contribution in [0.2, 0.25) is 0 Å². The maximum Gasteiger partial charge on any atom is 0.329 e. The van der Waals surface area contributed by atoms with Crippen molar-refractivity contribution in [2.75, 3.05) is 19.8 Å². The third-order valence-corrected chi connectivity index (χ3v) is 5.59. The highest BCUT2D eigenvalue weighted by Crippen LogP contribution is 2.65. The summed E-state index contributed by atoms with van der Waals surface area (Å²) in [5.41, 5.74) is 0.201. The molecule has 4 rings (SSSR count). The number of carboxylic acid groups (broad SMARTS) is 1. The van der Waals surface area contributed by atoms with E-state index in [1.165, 1.54) is 19.3 Å². The molecule has 1 amide bonds. The molecule has 21 heavy (non-hydrogen) atoms. The fourth-order valence-corrected chi connectivity index (χ4v) is 5.57. The number of rotatable bonds is 6. The van der Waals surface area contributed by atoms with E-state index in [9.17, 15) is 9.59 Å². The van der Waals surface area contributed by atoms with Gasteiger partial charge in [0.2, 0.25) is 5.91 Å². The second-order valence-corrected chi connectivity index (χ2v) is 7.75. The summed E-state index contributed by atoms with van der Waals surface area (Å²) in [5.74, 6) is 0.646. The van der Waals surface area contributed by atoms with E-state index in [-0.39, 0.29) is 24.5 Å². The van der Waals surface area contributed by atoms with Crippen molar-refractivity contribution >= 4 is 11.9 Å². The fourth-order valence-electron chi connectivity index (χ4n) is 5.57. The topological polar surface area (TPSA) is 75.6 Å². The average molecular weight is 295 g/mol. The molecule has 0 spiro atoms. The van der Waals surface area contributed by atoms with Crippen LogP contribution in [-0.2, 0) is 14.3 Å². The maximum atomic E-state index is 12.7. The molecule has 0 saturated heterocycles. The van der Waals surface area contributed by atoms with E-state index in [0.29, 0.717) is 12.0 Å². The molecule has 5 nitrogen and oxygen atoms in total. The van der Waals surface area contributed by atoms with Gasteiger partial charge in [0.1, 0.15) is 6.61 Å². The van der Waals surface area contributed by atoms with E-state index in [2.05, 4.69) is 12.2 Å². The lowest BCUT2D eigenvalue weighted by molar-refractivity contribution is -0.155. The Morgan fingerprint density at radius 3 is 2.48 bits per heavy atom. The summed E-state index contributed by atoms with van der Waals surface area (Å²) >= 11 is 0. The highest BCUT2D eigenvalue weighted by molar-refractivity contribution is 5.83. The Morgan fingerprint density at radius 1 is 1.24 bits per heavy atom. The summed E-state index contributed by atoms with van der Waals surface area (Å²) in [6.07, 6.45) is 7.00. The molecule has 4 aliphatic carbocycles. The van der Waals surface area contributed by atoms with Gasteiger partial charge in [0.25, 0.3) is 0 Å². The normalized spacial score (nSPS) is 40.2. The van der Waals surface area contributed by atoms with Crippen LogP contribution in [-0.4, -0.2) is 36.7 Å². The smallest absolute Gasteiger partial charge is 0.329 e. The first kappa shape index (κ1) is 14.8. The zero-order valence-corrected chi connectivity index (χ0v) is 12.7. The molecule has 0 aromatic heterocycles. The van der Waals surface area contributed by atoms with E-state index in [4.69, 9.17) is 9.84 Å². The molecule has 4 saturated carbocycles. The van der Waals surface area contributed by atoms with Crippen molar-refractivity contribution in [2.45, 2.75) is 45.4 Å². The zero-order valence-electron chi connectivity index (χ0n) is 12.7. The van der Waals surface area contributed by atoms with Crippen LogP contribution in [0.1, 0.15) is 45.4 Å². The quantitative estimate of drug-likeness (QED) is 0.733. The second-order valence-electron chi connectivity index (χ2n) is 7.75. The summed E-state index contributed by atoms with van der Waals surface area (Å²) in [4.78, 5) is 23.0. The zero-order chi connectivity index (χ0) is 15.1. The van der Waals surface area contributed by atoms with E-state index in [1.807, 2.05) is 0 Å². The molecule has 2 N–H and O–H groups in total. The monoisotopic (exact) mass is 295 g/mol. The summed E-state index contributed by atoms with van der Waals surface area (Å²) in [6.45, 7) is 2.71. The van der Waals surface area contributed by atoms with Crippen LogP contribution in [0.15, 0.2) is 0 Å². The largest absolute Gasteiger partial charge is 0.480 e. The molecule has 2 unspecified atom stereocenters. The number of carbonyl (C=O) groups is 2. The van der Waals surface area contributed by atoms with Crippen molar-refractivity contribution in [3.63, 3.8) is 0 Å². The molecule has 0 radical (unpaired) electrons. The Morgan fingerprint density at radius 2 is 1.90 bits per heavy atom. The first-order chi connectivity index (χ1) is 9.91. The van der Waals surface area contributed by atoms with Crippen molar-refractivity contribution in [3.05, 3.63) is 0 Å². The maximum absolute atomic E-state index is 12.7. The van der Waals surface area contributed by atoms with E-state index < -0.39 is 5.97 Å². The lowest BCUT2D eigenvalue weighted by Crippen LogP contribution is -2.57. The molecular formula is C16H25NO4.